The van der Waals surface area contributed by atoms with Gasteiger partial charge in [0, 0.05) is 16.9 Å². The van der Waals surface area contributed by atoms with Crippen molar-refractivity contribution in [2.75, 3.05) is 19.8 Å². The Balaban J connectivity index is 2.01. The summed E-state index contributed by atoms with van der Waals surface area (Å²) >= 11 is 3.69. The number of aliphatic hydroxyl groups is 1. The molecular weight excluding hydrogens is 564 g/mol. The van der Waals surface area contributed by atoms with Gasteiger partial charge in [0.25, 0.3) is 0 Å². The van der Waals surface area contributed by atoms with Crippen molar-refractivity contribution in [3.63, 3.8) is 0 Å². The van der Waals surface area contributed by atoms with E-state index in [2.05, 4.69) is 49.9 Å². The zero-order valence-corrected chi connectivity index (χ0v) is 26.0. The zero-order chi connectivity index (χ0) is 29.3. The van der Waals surface area contributed by atoms with Crippen LogP contribution < -0.4 is 0 Å². The number of alkyl halides is 1. The molecule has 0 aromatic heterocycles. The summed E-state index contributed by atoms with van der Waals surface area (Å²) in [5.74, 6) is -2.73. The van der Waals surface area contributed by atoms with Crippen LogP contribution in [0.4, 0.5) is 0 Å². The Labute approximate surface area is 242 Å². The molecule has 8 nitrogen and oxygen atoms in total. The van der Waals surface area contributed by atoms with Gasteiger partial charge in [-0.1, -0.05) is 48.9 Å². The highest BCUT2D eigenvalue weighted by Crippen LogP contribution is 2.61. The second kappa shape index (κ2) is 12.0. The number of esters is 1. The summed E-state index contributed by atoms with van der Waals surface area (Å²) in [6.07, 6.45) is 6.47. The van der Waals surface area contributed by atoms with Crippen LogP contribution in [0.5, 0.6) is 0 Å². The Morgan fingerprint density at radius 1 is 1.26 bits per heavy atom. The number of rotatable bonds is 13. The molecule has 220 valence electrons. The number of ether oxygens (including phenoxy) is 2. The zero-order valence-electron chi connectivity index (χ0n) is 24.5. The van der Waals surface area contributed by atoms with Crippen LogP contribution in [-0.2, 0) is 23.9 Å². The first-order valence-corrected chi connectivity index (χ1v) is 15.0. The normalized spacial score (nSPS) is 30.7. The van der Waals surface area contributed by atoms with Gasteiger partial charge >= 0.3 is 5.97 Å². The molecule has 39 heavy (non-hydrogen) atoms. The number of unbranched alkanes of at least 4 members (excludes halogenated alkanes) is 2. The molecule has 3 unspecified atom stereocenters. The number of hydrogen-bond acceptors (Lipinski definition) is 6. The first kappa shape index (κ1) is 31.8. The van der Waals surface area contributed by atoms with E-state index in [0.29, 0.717) is 19.4 Å². The minimum Gasteiger partial charge on any atom is -0.465 e. The Bertz CT molecular complexity index is 962. The summed E-state index contributed by atoms with van der Waals surface area (Å²) in [7, 11) is 0. The number of carbonyl (C=O) groups is 3. The van der Waals surface area contributed by atoms with Gasteiger partial charge in [-0.3, -0.25) is 14.4 Å². The summed E-state index contributed by atoms with van der Waals surface area (Å²) in [6, 6.07) is -1.61. The summed E-state index contributed by atoms with van der Waals surface area (Å²) < 4.78 is 12.2. The van der Waals surface area contributed by atoms with Gasteiger partial charge in [0.2, 0.25) is 11.8 Å². The van der Waals surface area contributed by atoms with Crippen molar-refractivity contribution < 1.29 is 29.0 Å². The average Bonchev–Trinajstić information content (AvgIpc) is 3.43. The van der Waals surface area contributed by atoms with Crippen LogP contribution >= 0.6 is 15.9 Å². The number of carbonyl (C=O) groups excluding carboxylic acids is 3. The largest absolute Gasteiger partial charge is 0.465 e. The molecule has 1 N–H and O–H groups in total. The topological polar surface area (TPSA) is 96.4 Å². The highest BCUT2D eigenvalue weighted by Gasteiger charge is 2.77. The van der Waals surface area contributed by atoms with Crippen LogP contribution in [0.2, 0.25) is 0 Å². The third-order valence-corrected chi connectivity index (χ3v) is 9.14. The molecule has 3 aliphatic rings. The third kappa shape index (κ3) is 6.01. The van der Waals surface area contributed by atoms with Crippen LogP contribution in [0, 0.1) is 17.3 Å². The SMILES string of the molecule is C=CCCCCOC(=O)[C@H]1[C@H]2C(=O)N([C@H](C)CO)C(C(=O)N(CC=C)C(C)(C)CC(C)(C)C)C23CC(Br)[C@@H]1O3. The maximum absolute atomic E-state index is 14.6. The molecule has 3 fully saturated rings. The van der Waals surface area contributed by atoms with Gasteiger partial charge in [0.1, 0.15) is 11.6 Å². The smallest absolute Gasteiger partial charge is 0.312 e. The standard InChI is InChI=1S/C30H47BrN2O6/c1-9-11-12-13-15-38-27(37)21-22-25(35)33(19(3)17-34)24(30(22)16-20(31)23(21)39-30)26(36)32(14-10-2)29(7,8)18-28(4,5)6/h9-10,19-24,34H,1-2,11-18H2,3-8H3/t19-,20?,21+,22+,23+,24?,30?/m1/s1. The first-order valence-electron chi connectivity index (χ1n) is 14.1. The fourth-order valence-electron chi connectivity index (χ4n) is 7.14. The number of hydrogen-bond donors (Lipinski definition) is 1. The minimum absolute atomic E-state index is 0.0581. The van der Waals surface area contributed by atoms with E-state index in [1.54, 1.807) is 17.9 Å². The molecule has 0 saturated carbocycles. The van der Waals surface area contributed by atoms with Crippen molar-refractivity contribution >= 4 is 33.7 Å². The predicted molar refractivity (Wildman–Crippen MR) is 154 cm³/mol. The lowest BCUT2D eigenvalue weighted by Gasteiger charge is -2.46. The molecule has 0 aliphatic carbocycles. The number of nitrogens with zero attached hydrogens (tertiary/aromatic N) is 2. The Morgan fingerprint density at radius 3 is 2.49 bits per heavy atom. The lowest BCUT2D eigenvalue weighted by atomic mass is 9.70. The van der Waals surface area contributed by atoms with Crippen LogP contribution in [0.1, 0.15) is 73.6 Å². The monoisotopic (exact) mass is 610 g/mol. The molecule has 3 saturated heterocycles. The van der Waals surface area contributed by atoms with Gasteiger partial charge in [0.15, 0.2) is 0 Å². The fourth-order valence-corrected chi connectivity index (χ4v) is 8.09. The van der Waals surface area contributed by atoms with E-state index >= 15 is 0 Å². The molecule has 9 heteroatoms. The molecule has 3 heterocycles. The van der Waals surface area contributed by atoms with E-state index in [4.69, 9.17) is 9.47 Å². The van der Waals surface area contributed by atoms with Crippen LogP contribution in [-0.4, -0.2) is 86.6 Å². The number of amides is 2. The molecule has 2 amide bonds. The summed E-state index contributed by atoms with van der Waals surface area (Å²) in [4.78, 5) is 45.1. The van der Waals surface area contributed by atoms with Crippen molar-refractivity contribution in [3.05, 3.63) is 25.3 Å². The van der Waals surface area contributed by atoms with Crippen LogP contribution in [0.3, 0.4) is 0 Å². The van der Waals surface area contributed by atoms with Crippen molar-refractivity contribution in [1.82, 2.24) is 9.80 Å². The Kier molecular flexibility index (Phi) is 9.81. The third-order valence-electron chi connectivity index (χ3n) is 8.29. The molecule has 2 bridgehead atoms. The van der Waals surface area contributed by atoms with E-state index in [1.165, 1.54) is 4.90 Å². The molecule has 3 aliphatic heterocycles. The summed E-state index contributed by atoms with van der Waals surface area (Å²) in [5.41, 5.74) is -1.80. The van der Waals surface area contributed by atoms with Crippen molar-refractivity contribution in [2.24, 2.45) is 17.3 Å². The van der Waals surface area contributed by atoms with Gasteiger partial charge in [-0.15, -0.1) is 13.2 Å². The summed E-state index contributed by atoms with van der Waals surface area (Å²) in [6.45, 7) is 20.0. The molecular formula is C30H47BrN2O6. The van der Waals surface area contributed by atoms with Gasteiger partial charge in [-0.05, 0) is 58.3 Å². The molecule has 7 atom stereocenters. The Morgan fingerprint density at radius 2 is 1.92 bits per heavy atom. The maximum Gasteiger partial charge on any atom is 0.312 e. The van der Waals surface area contributed by atoms with Crippen LogP contribution in [0.15, 0.2) is 25.3 Å². The second-order valence-electron chi connectivity index (χ2n) is 13.2. The molecule has 1 spiro atoms. The van der Waals surface area contributed by atoms with E-state index in [1.807, 2.05) is 19.9 Å². The lowest BCUT2D eigenvalue weighted by molar-refractivity contribution is -0.157. The highest BCUT2D eigenvalue weighted by molar-refractivity contribution is 9.09. The van der Waals surface area contributed by atoms with E-state index in [9.17, 15) is 19.5 Å². The minimum atomic E-state index is -1.19. The van der Waals surface area contributed by atoms with Crippen molar-refractivity contribution in [2.45, 2.75) is 108 Å². The second-order valence-corrected chi connectivity index (χ2v) is 14.4. The van der Waals surface area contributed by atoms with Gasteiger partial charge in [-0.25, -0.2) is 0 Å². The molecule has 3 rings (SSSR count). The summed E-state index contributed by atoms with van der Waals surface area (Å²) in [5, 5.41) is 10.1. The molecule has 0 radical (unpaired) electrons. The fraction of sp³-hybridized carbons (Fsp3) is 0.767. The molecule has 0 aromatic rings. The Hall–Kier alpha value is -1.71. The van der Waals surface area contributed by atoms with E-state index < -0.39 is 47.1 Å². The van der Waals surface area contributed by atoms with E-state index in [-0.39, 0.29) is 35.3 Å². The number of aliphatic hydroxyl groups excluding tert-OH is 1. The number of allylic oxidation sites excluding steroid dienone is 1. The van der Waals surface area contributed by atoms with Gasteiger partial charge in [0.05, 0.1) is 37.2 Å². The van der Waals surface area contributed by atoms with Crippen LogP contribution in [0.25, 0.3) is 0 Å². The number of fused-ring (bicyclic) bond motifs is 1. The van der Waals surface area contributed by atoms with E-state index in [0.717, 1.165) is 19.3 Å². The maximum atomic E-state index is 14.6. The number of halogens is 1. The number of likely N-dealkylation sites (tertiary alicyclic amines) is 1. The van der Waals surface area contributed by atoms with Gasteiger partial charge < -0.3 is 24.4 Å². The predicted octanol–water partition coefficient (Wildman–Crippen LogP) is 4.24. The molecule has 0 aromatic carbocycles. The first-order chi connectivity index (χ1) is 18.2. The lowest BCUT2D eigenvalue weighted by Crippen LogP contribution is -2.62. The highest BCUT2D eigenvalue weighted by atomic mass is 79.9. The van der Waals surface area contributed by atoms with Crippen molar-refractivity contribution in [1.29, 1.82) is 0 Å². The quantitative estimate of drug-likeness (QED) is 0.145. The van der Waals surface area contributed by atoms with Crippen molar-refractivity contribution in [3.8, 4) is 0 Å². The average molecular weight is 612 g/mol. The van der Waals surface area contributed by atoms with Gasteiger partial charge in [-0.2, -0.15) is 0 Å².